The molecule has 2 N–H and O–H groups in total. The van der Waals surface area contributed by atoms with Crippen molar-refractivity contribution >= 4 is 21.6 Å². The van der Waals surface area contributed by atoms with Gasteiger partial charge in [0.1, 0.15) is 0 Å². The van der Waals surface area contributed by atoms with Crippen molar-refractivity contribution in [2.45, 2.75) is 45.4 Å². The van der Waals surface area contributed by atoms with Crippen molar-refractivity contribution in [3.63, 3.8) is 0 Å². The fraction of sp³-hybridized carbons (Fsp3) is 0.231. The molecule has 0 aliphatic heterocycles. The van der Waals surface area contributed by atoms with Crippen LogP contribution in [0.4, 0.5) is 0 Å². The van der Waals surface area contributed by atoms with E-state index >= 15 is 0 Å². The first-order valence-corrected chi connectivity index (χ1v) is 17.1. The highest BCUT2D eigenvalue weighted by atomic mass is 32.2. The maximum absolute atomic E-state index is 12.5. The number of rotatable bonds is 11. The monoisotopic (exact) mass is 648 g/mol. The fourth-order valence-corrected chi connectivity index (χ4v) is 5.78. The Morgan fingerprint density at radius 2 is 1.51 bits per heavy atom. The van der Waals surface area contributed by atoms with Gasteiger partial charge in [-0.05, 0) is 70.3 Å². The quantitative estimate of drug-likeness (QED) is 0.139. The summed E-state index contributed by atoms with van der Waals surface area (Å²) in [6.07, 6.45) is 0.600. The Bertz CT molecular complexity index is 1970. The van der Waals surface area contributed by atoms with Crippen LogP contribution >= 0.6 is 0 Å². The SMILES string of the molecule is C=C(C)c1ccc(C(Cc2ccc(C(=O)NCCS(=O)(=O)O)cc2)c2cc(-c3cccc(-c4ccc(C(C)(C)C)cc4)c3)on2)cc1. The van der Waals surface area contributed by atoms with Crippen molar-refractivity contribution < 1.29 is 22.3 Å². The second kappa shape index (κ2) is 13.9. The number of aromatic nitrogens is 1. The molecule has 0 radical (unpaired) electrons. The van der Waals surface area contributed by atoms with Crippen LogP contribution in [0.25, 0.3) is 28.0 Å². The van der Waals surface area contributed by atoms with Crippen molar-refractivity contribution in [2.24, 2.45) is 0 Å². The van der Waals surface area contributed by atoms with Gasteiger partial charge in [-0.15, -0.1) is 0 Å². The van der Waals surface area contributed by atoms with E-state index in [1.807, 2.05) is 37.3 Å². The molecule has 242 valence electrons. The Labute approximate surface area is 277 Å². The summed E-state index contributed by atoms with van der Waals surface area (Å²) in [4.78, 5) is 12.5. The normalized spacial score (nSPS) is 12.4. The molecule has 0 saturated heterocycles. The standard InChI is InChI=1S/C39H40N2O5S/c1-26(2)28-13-15-30(16-14-28)35(23-27-9-11-31(12-10-27)38(42)40-21-22-47(43,44)45)36-25-37(46-41-36)33-8-6-7-32(24-33)29-17-19-34(20-18-29)39(3,4)5/h6-20,24-25,35H,1,21-23H2,2-5H3,(H,40,42)(H,43,44,45). The minimum Gasteiger partial charge on any atom is -0.356 e. The molecule has 0 aliphatic rings. The minimum absolute atomic E-state index is 0.0859. The molecule has 0 bridgehead atoms. The largest absolute Gasteiger partial charge is 0.356 e. The number of carbonyl (C=O) groups is 1. The lowest BCUT2D eigenvalue weighted by Crippen LogP contribution is -2.28. The second-order valence-corrected chi connectivity index (χ2v) is 14.5. The first-order valence-electron chi connectivity index (χ1n) is 15.5. The van der Waals surface area contributed by atoms with Crippen LogP contribution in [0.1, 0.15) is 71.9 Å². The van der Waals surface area contributed by atoms with Gasteiger partial charge in [-0.1, -0.05) is 117 Å². The van der Waals surface area contributed by atoms with Gasteiger partial charge in [0.2, 0.25) is 0 Å². The lowest BCUT2D eigenvalue weighted by Gasteiger charge is -2.19. The summed E-state index contributed by atoms with van der Waals surface area (Å²) in [7, 11) is -4.15. The van der Waals surface area contributed by atoms with Gasteiger partial charge in [-0.25, -0.2) is 0 Å². The molecule has 47 heavy (non-hydrogen) atoms. The van der Waals surface area contributed by atoms with E-state index in [-0.39, 0.29) is 17.9 Å². The number of amides is 1. The molecule has 1 aromatic heterocycles. The lowest BCUT2D eigenvalue weighted by atomic mass is 9.86. The molecular weight excluding hydrogens is 609 g/mol. The summed E-state index contributed by atoms with van der Waals surface area (Å²) in [6.45, 7) is 12.5. The first-order chi connectivity index (χ1) is 22.3. The molecule has 0 aliphatic carbocycles. The third-order valence-electron chi connectivity index (χ3n) is 8.22. The summed E-state index contributed by atoms with van der Waals surface area (Å²) in [5.74, 6) is -0.416. The van der Waals surface area contributed by atoms with Gasteiger partial charge in [-0.3, -0.25) is 9.35 Å². The molecule has 0 spiro atoms. The number of allylic oxidation sites excluding steroid dienone is 1. The highest BCUT2D eigenvalue weighted by Gasteiger charge is 2.21. The molecule has 8 heteroatoms. The average Bonchev–Trinajstić information content (AvgIpc) is 3.53. The van der Waals surface area contributed by atoms with Crippen molar-refractivity contribution in [1.82, 2.24) is 10.5 Å². The van der Waals surface area contributed by atoms with E-state index in [1.54, 1.807) is 12.1 Å². The average molecular weight is 649 g/mol. The van der Waals surface area contributed by atoms with E-state index in [0.29, 0.717) is 17.7 Å². The molecule has 5 rings (SSSR count). The van der Waals surface area contributed by atoms with Crippen LogP contribution in [0, 0.1) is 0 Å². The van der Waals surface area contributed by atoms with Crippen LogP contribution in [-0.2, 0) is 22.0 Å². The van der Waals surface area contributed by atoms with Gasteiger partial charge in [-0.2, -0.15) is 8.42 Å². The molecule has 0 saturated carbocycles. The molecule has 7 nitrogen and oxygen atoms in total. The highest BCUT2D eigenvalue weighted by Crippen LogP contribution is 2.34. The van der Waals surface area contributed by atoms with E-state index < -0.39 is 21.8 Å². The van der Waals surface area contributed by atoms with Crippen molar-refractivity contribution in [1.29, 1.82) is 0 Å². The zero-order valence-corrected chi connectivity index (χ0v) is 28.0. The fourth-order valence-electron chi connectivity index (χ4n) is 5.42. The predicted octanol–water partition coefficient (Wildman–Crippen LogP) is 8.33. The third kappa shape index (κ3) is 8.73. The number of hydrogen-bond acceptors (Lipinski definition) is 5. The molecular formula is C39H40N2O5S. The highest BCUT2D eigenvalue weighted by molar-refractivity contribution is 7.85. The summed E-state index contributed by atoms with van der Waals surface area (Å²) >= 11 is 0. The van der Waals surface area contributed by atoms with Crippen LogP contribution in [-0.4, -0.2) is 36.3 Å². The zero-order valence-electron chi connectivity index (χ0n) is 27.2. The van der Waals surface area contributed by atoms with Gasteiger partial charge >= 0.3 is 0 Å². The number of nitrogens with one attached hydrogen (secondary N) is 1. The van der Waals surface area contributed by atoms with E-state index in [2.05, 4.69) is 98.5 Å². The van der Waals surface area contributed by atoms with Gasteiger partial charge in [0.25, 0.3) is 16.0 Å². The second-order valence-electron chi connectivity index (χ2n) is 12.9. The molecule has 5 aromatic rings. The Morgan fingerprint density at radius 3 is 2.13 bits per heavy atom. The van der Waals surface area contributed by atoms with Gasteiger partial charge in [0, 0.05) is 29.7 Å². The lowest BCUT2D eigenvalue weighted by molar-refractivity contribution is 0.0956. The van der Waals surface area contributed by atoms with Gasteiger partial charge < -0.3 is 9.84 Å². The first kappa shape index (κ1) is 33.6. The molecule has 1 unspecified atom stereocenters. The summed E-state index contributed by atoms with van der Waals surface area (Å²) in [5, 5.41) is 7.05. The summed E-state index contributed by atoms with van der Waals surface area (Å²) in [6, 6.07) is 34.4. The van der Waals surface area contributed by atoms with E-state index in [1.165, 1.54) is 5.56 Å². The molecule has 4 aromatic carbocycles. The maximum Gasteiger partial charge on any atom is 0.266 e. The summed E-state index contributed by atoms with van der Waals surface area (Å²) in [5.41, 5.74) is 9.80. The predicted molar refractivity (Wildman–Crippen MR) is 188 cm³/mol. The van der Waals surface area contributed by atoms with Crippen LogP contribution in [0.3, 0.4) is 0 Å². The Morgan fingerprint density at radius 1 is 0.872 bits per heavy atom. The Hall–Kier alpha value is -4.79. The van der Waals surface area contributed by atoms with Gasteiger partial charge in [0.15, 0.2) is 5.76 Å². The van der Waals surface area contributed by atoms with Crippen LogP contribution in [0.5, 0.6) is 0 Å². The van der Waals surface area contributed by atoms with Crippen LogP contribution in [0.15, 0.2) is 114 Å². The number of carbonyl (C=O) groups excluding carboxylic acids is 1. The Balaban J connectivity index is 1.40. The molecule has 1 heterocycles. The topological polar surface area (TPSA) is 110 Å². The van der Waals surface area contributed by atoms with Crippen LogP contribution < -0.4 is 5.32 Å². The van der Waals surface area contributed by atoms with E-state index in [9.17, 15) is 13.2 Å². The van der Waals surface area contributed by atoms with Gasteiger partial charge in [0.05, 0.1) is 11.4 Å². The molecule has 0 fully saturated rings. The number of hydrogen-bond donors (Lipinski definition) is 2. The molecule has 1 atom stereocenters. The van der Waals surface area contributed by atoms with E-state index in [0.717, 1.165) is 44.6 Å². The Kier molecular flexibility index (Phi) is 9.94. The minimum atomic E-state index is -4.15. The van der Waals surface area contributed by atoms with Crippen molar-refractivity contribution in [2.75, 3.05) is 12.3 Å². The van der Waals surface area contributed by atoms with E-state index in [4.69, 9.17) is 9.08 Å². The smallest absolute Gasteiger partial charge is 0.266 e. The number of benzene rings is 4. The zero-order chi connectivity index (χ0) is 33.8. The summed E-state index contributed by atoms with van der Waals surface area (Å²) < 4.78 is 36.8. The third-order valence-corrected chi connectivity index (χ3v) is 8.94. The molecule has 1 amide bonds. The number of nitrogens with zero attached hydrogens (tertiary/aromatic N) is 1. The van der Waals surface area contributed by atoms with Crippen molar-refractivity contribution in [3.05, 3.63) is 143 Å². The van der Waals surface area contributed by atoms with Crippen molar-refractivity contribution in [3.8, 4) is 22.5 Å². The van der Waals surface area contributed by atoms with Crippen LogP contribution in [0.2, 0.25) is 0 Å². The maximum atomic E-state index is 12.5.